The maximum atomic E-state index is 13.2. The molecule has 3 N–H and O–H groups in total. The number of aromatic nitrogens is 1. The number of aromatic hydroxyl groups is 1. The van der Waals surface area contributed by atoms with Crippen LogP contribution < -0.4 is 10.6 Å². The third kappa shape index (κ3) is 4.55. The Labute approximate surface area is 190 Å². The van der Waals surface area contributed by atoms with Crippen molar-refractivity contribution in [3.8, 4) is 5.75 Å². The van der Waals surface area contributed by atoms with Crippen molar-refractivity contribution in [3.05, 3.63) is 70.9 Å². The van der Waals surface area contributed by atoms with Crippen LogP contribution in [0, 0.1) is 0 Å². The van der Waals surface area contributed by atoms with Gasteiger partial charge in [0.05, 0.1) is 16.8 Å². The number of para-hydroxylation sites is 1. The smallest absolute Gasteiger partial charge is 0.339 e. The van der Waals surface area contributed by atoms with Crippen LogP contribution in [-0.4, -0.2) is 41.1 Å². The molecular weight excluding hydrogens is 422 g/mol. The lowest BCUT2D eigenvalue weighted by atomic mass is 10.0. The van der Waals surface area contributed by atoms with Crippen LogP contribution in [-0.2, 0) is 16.0 Å². The Morgan fingerprint density at radius 2 is 1.82 bits per heavy atom. The van der Waals surface area contributed by atoms with E-state index in [0.29, 0.717) is 29.3 Å². The Balaban J connectivity index is 1.72. The third-order valence-electron chi connectivity index (χ3n) is 5.50. The number of phenols is 1. The van der Waals surface area contributed by atoms with Crippen LogP contribution in [0.4, 0.5) is 4.79 Å². The van der Waals surface area contributed by atoms with Gasteiger partial charge in [-0.1, -0.05) is 30.3 Å². The van der Waals surface area contributed by atoms with E-state index in [9.17, 15) is 19.5 Å². The van der Waals surface area contributed by atoms with Crippen LogP contribution in [0.5, 0.6) is 5.75 Å². The molecule has 3 aromatic rings. The van der Waals surface area contributed by atoms with E-state index in [0.717, 1.165) is 22.4 Å². The molecule has 2 aromatic carbocycles. The number of imide groups is 1. The van der Waals surface area contributed by atoms with Gasteiger partial charge in [0.25, 0.3) is 5.91 Å². The average Bonchev–Trinajstić information content (AvgIpc) is 3.20. The average molecular weight is 445 g/mol. The lowest BCUT2D eigenvalue weighted by molar-refractivity contribution is -0.127. The quantitative estimate of drug-likeness (QED) is 0.530. The van der Waals surface area contributed by atoms with Gasteiger partial charge in [0, 0.05) is 12.4 Å². The van der Waals surface area contributed by atoms with E-state index in [4.69, 9.17) is 9.72 Å². The van der Waals surface area contributed by atoms with Gasteiger partial charge in [0.1, 0.15) is 5.75 Å². The number of hydrogen-bond donors (Lipinski definition) is 3. The molecule has 0 spiro atoms. The molecule has 8 nitrogen and oxygen atoms in total. The molecule has 0 aliphatic heterocycles. The Bertz CT molecular complexity index is 1280. The molecule has 4 rings (SSSR count). The van der Waals surface area contributed by atoms with Crippen molar-refractivity contribution in [2.45, 2.75) is 25.9 Å². The highest BCUT2D eigenvalue weighted by atomic mass is 16.5. The summed E-state index contributed by atoms with van der Waals surface area (Å²) in [6.45, 7) is 1.41. The lowest BCUT2D eigenvalue weighted by Crippen LogP contribution is -2.43. The summed E-state index contributed by atoms with van der Waals surface area (Å²) in [5.41, 5.74) is 4.39. The maximum Gasteiger partial charge on any atom is 0.339 e. The number of pyridine rings is 1. The molecular formula is C25H23N3O5. The number of allylic oxidation sites excluding steroid dienone is 1. The van der Waals surface area contributed by atoms with E-state index in [1.54, 1.807) is 18.2 Å². The van der Waals surface area contributed by atoms with Crippen molar-refractivity contribution in [1.29, 1.82) is 0 Å². The second-order valence-electron chi connectivity index (χ2n) is 7.71. The number of ether oxygens (including phenoxy) is 1. The molecule has 0 saturated heterocycles. The molecule has 0 fully saturated rings. The number of carbonyl (C=O) groups is 3. The first-order chi connectivity index (χ1) is 15.9. The van der Waals surface area contributed by atoms with Crippen molar-refractivity contribution < 1.29 is 24.2 Å². The summed E-state index contributed by atoms with van der Waals surface area (Å²) in [5, 5.41) is 14.6. The van der Waals surface area contributed by atoms with Crippen LogP contribution in [0.15, 0.2) is 48.5 Å². The first kappa shape index (κ1) is 22.0. The normalized spacial score (nSPS) is 14.5. The number of fused-ring (bicyclic) bond motifs is 2. The molecule has 1 unspecified atom stereocenters. The van der Waals surface area contributed by atoms with E-state index in [-0.39, 0.29) is 5.75 Å². The minimum Gasteiger partial charge on any atom is -0.508 e. The van der Waals surface area contributed by atoms with Crippen LogP contribution in [0.25, 0.3) is 22.6 Å². The van der Waals surface area contributed by atoms with Crippen molar-refractivity contribution in [2.24, 2.45) is 0 Å². The Morgan fingerprint density at radius 1 is 1.09 bits per heavy atom. The topological polar surface area (TPSA) is 118 Å². The minimum absolute atomic E-state index is 0.188. The van der Waals surface area contributed by atoms with E-state index < -0.39 is 24.0 Å². The molecule has 0 bridgehead atoms. The van der Waals surface area contributed by atoms with Gasteiger partial charge >= 0.3 is 12.0 Å². The number of nitrogens with one attached hydrogen (secondary N) is 2. The summed E-state index contributed by atoms with van der Waals surface area (Å²) >= 11 is 0. The summed E-state index contributed by atoms with van der Waals surface area (Å²) in [6.07, 6.45) is 2.11. The molecule has 33 heavy (non-hydrogen) atoms. The summed E-state index contributed by atoms with van der Waals surface area (Å²) < 4.78 is 5.44. The second-order valence-corrected chi connectivity index (χ2v) is 7.71. The van der Waals surface area contributed by atoms with Gasteiger partial charge in [-0.15, -0.1) is 0 Å². The highest BCUT2D eigenvalue weighted by Gasteiger charge is 2.29. The first-order valence-corrected chi connectivity index (χ1v) is 10.5. The maximum absolute atomic E-state index is 13.2. The SMILES string of the molecule is CNC(=O)NC(=O)C(C)OC(=O)c1c2c(nc3ccccc13)/C(=C/c1ccc(O)cc1)CC2. The fraction of sp³-hybridized carbons (Fsp3) is 0.200. The molecule has 1 aliphatic rings. The molecule has 1 aromatic heterocycles. The van der Waals surface area contributed by atoms with Crippen LogP contribution in [0.1, 0.15) is 40.5 Å². The first-order valence-electron chi connectivity index (χ1n) is 10.5. The van der Waals surface area contributed by atoms with Crippen LogP contribution in [0.3, 0.4) is 0 Å². The lowest BCUT2D eigenvalue weighted by Gasteiger charge is -2.16. The highest BCUT2D eigenvalue weighted by Crippen LogP contribution is 2.38. The van der Waals surface area contributed by atoms with Crippen LogP contribution >= 0.6 is 0 Å². The molecule has 168 valence electrons. The number of nitrogens with zero attached hydrogens (tertiary/aromatic N) is 1. The number of hydrogen-bond acceptors (Lipinski definition) is 6. The molecule has 3 amide bonds. The minimum atomic E-state index is -1.16. The number of urea groups is 1. The Morgan fingerprint density at radius 3 is 2.55 bits per heavy atom. The van der Waals surface area contributed by atoms with Crippen molar-refractivity contribution in [2.75, 3.05) is 7.05 Å². The van der Waals surface area contributed by atoms with Gasteiger partial charge in [-0.25, -0.2) is 14.6 Å². The van der Waals surface area contributed by atoms with Gasteiger partial charge < -0.3 is 15.2 Å². The number of esters is 1. The highest BCUT2D eigenvalue weighted by molar-refractivity contribution is 6.08. The molecule has 1 heterocycles. The summed E-state index contributed by atoms with van der Waals surface area (Å²) in [5.74, 6) is -1.17. The summed E-state index contributed by atoms with van der Waals surface area (Å²) in [6, 6.07) is 13.5. The van der Waals surface area contributed by atoms with Crippen molar-refractivity contribution in [3.63, 3.8) is 0 Å². The molecule has 0 radical (unpaired) electrons. The fourth-order valence-electron chi connectivity index (χ4n) is 3.83. The molecule has 1 atom stereocenters. The zero-order chi connectivity index (χ0) is 23.5. The van der Waals surface area contributed by atoms with Crippen LogP contribution in [0.2, 0.25) is 0 Å². The monoisotopic (exact) mass is 445 g/mol. The van der Waals surface area contributed by atoms with Gasteiger partial charge in [-0.3, -0.25) is 10.1 Å². The standard InChI is InChI=1S/C25H23N3O5/c1-14(23(30)28-25(32)26-2)33-24(31)21-18-5-3-4-6-20(18)27-22-16(9-12-19(21)22)13-15-7-10-17(29)11-8-15/h3-8,10-11,13-14,29H,9,12H2,1-2H3,(H2,26,28,30,32)/b16-13+. The van der Waals surface area contributed by atoms with Gasteiger partial charge in [0.2, 0.25) is 0 Å². The van der Waals surface area contributed by atoms with Crippen molar-refractivity contribution >= 4 is 40.5 Å². The molecule has 8 heteroatoms. The van der Waals surface area contributed by atoms with E-state index in [1.165, 1.54) is 14.0 Å². The number of carbonyl (C=O) groups excluding carboxylic acids is 3. The van der Waals surface area contributed by atoms with Gasteiger partial charge in [-0.2, -0.15) is 0 Å². The largest absolute Gasteiger partial charge is 0.508 e. The summed E-state index contributed by atoms with van der Waals surface area (Å²) in [7, 11) is 1.38. The predicted molar refractivity (Wildman–Crippen MR) is 124 cm³/mol. The predicted octanol–water partition coefficient (Wildman–Crippen LogP) is 3.43. The number of benzene rings is 2. The molecule has 0 saturated carbocycles. The molecule has 1 aliphatic carbocycles. The zero-order valence-electron chi connectivity index (χ0n) is 18.2. The second kappa shape index (κ2) is 9.12. The number of amides is 3. The Hall–Kier alpha value is -4.20. The fourth-order valence-corrected chi connectivity index (χ4v) is 3.83. The zero-order valence-corrected chi connectivity index (χ0v) is 18.2. The van der Waals surface area contributed by atoms with Gasteiger partial charge in [-0.05, 0) is 60.7 Å². The summed E-state index contributed by atoms with van der Waals surface area (Å²) in [4.78, 5) is 41.6. The van der Waals surface area contributed by atoms with E-state index in [2.05, 4.69) is 10.6 Å². The Kier molecular flexibility index (Phi) is 6.08. The third-order valence-corrected chi connectivity index (χ3v) is 5.50. The van der Waals surface area contributed by atoms with Crippen molar-refractivity contribution in [1.82, 2.24) is 15.6 Å². The van der Waals surface area contributed by atoms with Gasteiger partial charge in [0.15, 0.2) is 6.10 Å². The number of phenolic OH excluding ortho intramolecular Hbond substituents is 1. The van der Waals surface area contributed by atoms with E-state index in [1.807, 2.05) is 36.4 Å². The number of rotatable bonds is 4. The van der Waals surface area contributed by atoms with E-state index >= 15 is 0 Å².